The van der Waals surface area contributed by atoms with Crippen molar-refractivity contribution in [3.05, 3.63) is 47.5 Å². The van der Waals surface area contributed by atoms with Gasteiger partial charge in [0, 0.05) is 44.6 Å². The van der Waals surface area contributed by atoms with Crippen molar-refractivity contribution in [3.63, 3.8) is 0 Å². The Labute approximate surface area is 190 Å². The largest absolute Gasteiger partial charge is 0.493 e. The average Bonchev–Trinajstić information content (AvgIpc) is 2.72. The van der Waals surface area contributed by atoms with Gasteiger partial charge in [0.2, 0.25) is 0 Å². The van der Waals surface area contributed by atoms with Crippen LogP contribution in [-0.2, 0) is 13.0 Å². The van der Waals surface area contributed by atoms with Gasteiger partial charge in [0.1, 0.15) is 0 Å². The van der Waals surface area contributed by atoms with E-state index in [0.29, 0.717) is 24.9 Å². The number of fused-ring (bicyclic) bond motifs is 1. The first-order valence-corrected chi connectivity index (χ1v) is 9.76. The standard InChI is InChI=1S/C22H30N4O2.HI/c1-5-28-20-11-9-18(14-21(20)27-4)25-22(23-2)24-15-16-8-10-19-17(13-16)7-6-12-26(19)3;/h8-11,13-14H,5-7,12,15H2,1-4H3,(H2,23,24,25);1H. The molecule has 0 atom stereocenters. The number of nitrogens with one attached hydrogen (secondary N) is 2. The fraction of sp³-hybridized carbons (Fsp3) is 0.409. The quantitative estimate of drug-likeness (QED) is 0.345. The number of guanidine groups is 1. The molecular formula is C22H31IN4O2. The maximum atomic E-state index is 5.57. The molecule has 0 fully saturated rings. The van der Waals surface area contributed by atoms with Crippen LogP contribution in [0.25, 0.3) is 0 Å². The van der Waals surface area contributed by atoms with Gasteiger partial charge in [0.25, 0.3) is 0 Å². The van der Waals surface area contributed by atoms with E-state index >= 15 is 0 Å². The van der Waals surface area contributed by atoms with Gasteiger partial charge < -0.3 is 25.0 Å². The Bertz CT molecular complexity index is 842. The summed E-state index contributed by atoms with van der Waals surface area (Å²) >= 11 is 0. The molecule has 0 aliphatic carbocycles. The number of nitrogens with zero attached hydrogens (tertiary/aromatic N) is 2. The highest BCUT2D eigenvalue weighted by molar-refractivity contribution is 14.0. The number of halogens is 1. The number of ether oxygens (including phenoxy) is 2. The van der Waals surface area contributed by atoms with Crippen molar-refractivity contribution in [1.29, 1.82) is 0 Å². The van der Waals surface area contributed by atoms with Gasteiger partial charge in [-0.2, -0.15) is 0 Å². The predicted octanol–water partition coefficient (Wildman–Crippen LogP) is 4.28. The van der Waals surface area contributed by atoms with Crippen molar-refractivity contribution in [1.82, 2.24) is 5.32 Å². The van der Waals surface area contributed by atoms with E-state index < -0.39 is 0 Å². The molecule has 1 heterocycles. The van der Waals surface area contributed by atoms with E-state index in [1.54, 1.807) is 14.2 Å². The smallest absolute Gasteiger partial charge is 0.195 e. The monoisotopic (exact) mass is 510 g/mol. The number of hydrogen-bond acceptors (Lipinski definition) is 4. The summed E-state index contributed by atoms with van der Waals surface area (Å²) in [4.78, 5) is 6.66. The molecule has 7 heteroatoms. The summed E-state index contributed by atoms with van der Waals surface area (Å²) in [6.45, 7) is 4.40. The van der Waals surface area contributed by atoms with Gasteiger partial charge in [-0.3, -0.25) is 4.99 Å². The third kappa shape index (κ3) is 5.91. The van der Waals surface area contributed by atoms with Crippen LogP contribution in [-0.4, -0.2) is 40.3 Å². The summed E-state index contributed by atoms with van der Waals surface area (Å²) in [6.07, 6.45) is 2.36. The van der Waals surface area contributed by atoms with Crippen LogP contribution in [0.15, 0.2) is 41.4 Å². The second-order valence-corrected chi connectivity index (χ2v) is 6.84. The summed E-state index contributed by atoms with van der Waals surface area (Å²) in [5, 5.41) is 6.69. The summed E-state index contributed by atoms with van der Waals surface area (Å²) in [5.74, 6) is 2.14. The first-order chi connectivity index (χ1) is 13.6. The lowest BCUT2D eigenvalue weighted by atomic mass is 9.99. The van der Waals surface area contributed by atoms with Gasteiger partial charge >= 0.3 is 0 Å². The Balaban J connectivity index is 0.00000300. The lowest BCUT2D eigenvalue weighted by Gasteiger charge is -2.28. The molecule has 0 saturated carbocycles. The number of benzene rings is 2. The van der Waals surface area contributed by atoms with Crippen LogP contribution in [0.2, 0.25) is 0 Å². The zero-order chi connectivity index (χ0) is 19.9. The van der Waals surface area contributed by atoms with Crippen molar-refractivity contribution >= 4 is 41.3 Å². The summed E-state index contributed by atoms with van der Waals surface area (Å²) in [7, 11) is 5.57. The molecule has 2 aromatic carbocycles. The minimum Gasteiger partial charge on any atom is -0.493 e. The van der Waals surface area contributed by atoms with Gasteiger partial charge in [0.05, 0.1) is 13.7 Å². The molecule has 0 spiro atoms. The Morgan fingerprint density at radius 3 is 2.72 bits per heavy atom. The van der Waals surface area contributed by atoms with E-state index in [1.807, 2.05) is 25.1 Å². The van der Waals surface area contributed by atoms with E-state index in [0.717, 1.165) is 24.4 Å². The first-order valence-electron chi connectivity index (χ1n) is 9.76. The molecule has 2 N–H and O–H groups in total. The van der Waals surface area contributed by atoms with Crippen molar-refractivity contribution in [2.75, 3.05) is 44.6 Å². The summed E-state index contributed by atoms with van der Waals surface area (Å²) < 4.78 is 11.0. The SMILES string of the molecule is CCOc1ccc(NC(=NC)NCc2ccc3c(c2)CCCN3C)cc1OC.I. The normalized spacial score (nSPS) is 13.2. The molecule has 6 nitrogen and oxygen atoms in total. The fourth-order valence-corrected chi connectivity index (χ4v) is 3.47. The third-order valence-electron chi connectivity index (χ3n) is 4.90. The van der Waals surface area contributed by atoms with Crippen LogP contribution in [0, 0.1) is 0 Å². The zero-order valence-corrected chi connectivity index (χ0v) is 19.9. The highest BCUT2D eigenvalue weighted by atomic mass is 127. The maximum Gasteiger partial charge on any atom is 0.195 e. The third-order valence-corrected chi connectivity index (χ3v) is 4.90. The molecule has 158 valence electrons. The molecule has 0 aromatic heterocycles. The Hall–Kier alpha value is -2.16. The van der Waals surface area contributed by atoms with E-state index in [2.05, 4.69) is 45.8 Å². The molecular weight excluding hydrogens is 479 g/mol. The molecule has 1 aliphatic rings. The van der Waals surface area contributed by atoms with Crippen molar-refractivity contribution in [2.45, 2.75) is 26.3 Å². The van der Waals surface area contributed by atoms with E-state index in [9.17, 15) is 0 Å². The molecule has 0 bridgehead atoms. The second-order valence-electron chi connectivity index (χ2n) is 6.84. The van der Waals surface area contributed by atoms with Crippen LogP contribution in [0.4, 0.5) is 11.4 Å². The van der Waals surface area contributed by atoms with Gasteiger partial charge in [-0.1, -0.05) is 12.1 Å². The Kier molecular flexibility index (Phi) is 8.88. The number of hydrogen-bond donors (Lipinski definition) is 2. The molecule has 29 heavy (non-hydrogen) atoms. The summed E-state index contributed by atoms with van der Waals surface area (Å²) in [5.41, 5.74) is 4.91. The van der Waals surface area contributed by atoms with E-state index in [1.165, 1.54) is 23.2 Å². The summed E-state index contributed by atoms with van der Waals surface area (Å²) in [6, 6.07) is 12.5. The van der Waals surface area contributed by atoms with E-state index in [-0.39, 0.29) is 24.0 Å². The lowest BCUT2D eigenvalue weighted by Crippen LogP contribution is -2.30. The molecule has 0 saturated heterocycles. The van der Waals surface area contributed by atoms with Crippen LogP contribution in [0.1, 0.15) is 24.5 Å². The highest BCUT2D eigenvalue weighted by Gasteiger charge is 2.14. The molecule has 0 amide bonds. The van der Waals surface area contributed by atoms with Crippen LogP contribution in [0.3, 0.4) is 0 Å². The topological polar surface area (TPSA) is 58.1 Å². The molecule has 0 unspecified atom stereocenters. The van der Waals surface area contributed by atoms with E-state index in [4.69, 9.17) is 9.47 Å². The van der Waals surface area contributed by atoms with Gasteiger partial charge in [-0.25, -0.2) is 0 Å². The molecule has 1 aliphatic heterocycles. The highest BCUT2D eigenvalue weighted by Crippen LogP contribution is 2.30. The molecule has 0 radical (unpaired) electrons. The maximum absolute atomic E-state index is 5.57. The minimum absolute atomic E-state index is 0. The first kappa shape index (κ1) is 23.1. The molecule has 3 rings (SSSR count). The second kappa shape index (κ2) is 11.1. The van der Waals surface area contributed by atoms with Crippen molar-refractivity contribution in [3.8, 4) is 11.5 Å². The number of rotatable bonds is 6. The molecule has 2 aromatic rings. The van der Waals surface area contributed by atoms with Crippen molar-refractivity contribution < 1.29 is 9.47 Å². The Morgan fingerprint density at radius 1 is 1.17 bits per heavy atom. The van der Waals surface area contributed by atoms with Gasteiger partial charge in [-0.15, -0.1) is 24.0 Å². The number of methoxy groups -OCH3 is 1. The number of anilines is 2. The number of aryl methyl sites for hydroxylation is 1. The van der Waals surface area contributed by atoms with Crippen molar-refractivity contribution in [2.24, 2.45) is 4.99 Å². The minimum atomic E-state index is 0. The Morgan fingerprint density at radius 2 is 2.00 bits per heavy atom. The number of aliphatic imine (C=N–C) groups is 1. The van der Waals surface area contributed by atoms with Crippen LogP contribution < -0.4 is 25.0 Å². The zero-order valence-electron chi connectivity index (χ0n) is 17.6. The van der Waals surface area contributed by atoms with Gasteiger partial charge in [0.15, 0.2) is 17.5 Å². The van der Waals surface area contributed by atoms with Gasteiger partial charge in [-0.05, 0) is 49.1 Å². The predicted molar refractivity (Wildman–Crippen MR) is 131 cm³/mol. The van der Waals surface area contributed by atoms with Crippen LogP contribution >= 0.6 is 24.0 Å². The lowest BCUT2D eigenvalue weighted by molar-refractivity contribution is 0.311. The fourth-order valence-electron chi connectivity index (χ4n) is 3.47. The van der Waals surface area contributed by atoms with Crippen LogP contribution in [0.5, 0.6) is 11.5 Å². The average molecular weight is 510 g/mol.